The second-order valence-electron chi connectivity index (χ2n) is 2.45. The first-order chi connectivity index (χ1) is 5.66. The molecule has 3 nitrogen and oxygen atoms in total. The quantitative estimate of drug-likeness (QED) is 0.605. The highest BCUT2D eigenvalue weighted by Crippen LogP contribution is 2.18. The van der Waals surface area contributed by atoms with Crippen molar-refractivity contribution in [2.24, 2.45) is 5.73 Å². The van der Waals surface area contributed by atoms with E-state index in [2.05, 4.69) is 17.5 Å². The summed E-state index contributed by atoms with van der Waals surface area (Å²) in [5.74, 6) is -0.419. The number of hydrogen-bond donors (Lipinski definition) is 3. The molecule has 0 saturated carbocycles. The Kier molecular flexibility index (Phi) is 2.60. The third kappa shape index (κ3) is 1.53. The fourth-order valence-electron chi connectivity index (χ4n) is 1.02. The summed E-state index contributed by atoms with van der Waals surface area (Å²) in [7, 11) is 0. The largest absolute Gasteiger partial charge is 0.366 e. The summed E-state index contributed by atoms with van der Waals surface area (Å²) in [4.78, 5) is 10.9. The Labute approximate surface area is 76.5 Å². The third-order valence-electron chi connectivity index (χ3n) is 1.72. The van der Waals surface area contributed by atoms with Gasteiger partial charge in [-0.2, -0.15) is 0 Å². The van der Waals surface area contributed by atoms with Crippen LogP contribution < -0.4 is 10.5 Å². The van der Waals surface area contributed by atoms with Crippen LogP contribution in [0.5, 0.6) is 0 Å². The first-order valence-corrected chi connectivity index (χ1v) is 3.91. The van der Waals surface area contributed by atoms with Gasteiger partial charge in [-0.15, -0.1) is 0 Å². The Balaban J connectivity index is 3.23. The van der Waals surface area contributed by atoms with Crippen LogP contribution >= 0.6 is 12.8 Å². The van der Waals surface area contributed by atoms with Gasteiger partial charge in [-0.1, -0.05) is 18.9 Å². The molecule has 0 aromatic heterocycles. The second kappa shape index (κ2) is 3.49. The maximum Gasteiger partial charge on any atom is 0.249 e. The first-order valence-electron chi connectivity index (χ1n) is 3.46. The first kappa shape index (κ1) is 8.93. The molecule has 64 valence electrons. The average Bonchev–Trinajstić information content (AvgIpc) is 2.04. The fraction of sp³-hybridized carbons (Fsp3) is 0.125. The molecular weight excluding hydrogens is 172 g/mol. The molecule has 0 aliphatic carbocycles. The zero-order valence-electron chi connectivity index (χ0n) is 6.66. The van der Waals surface area contributed by atoms with Crippen molar-refractivity contribution in [2.75, 3.05) is 4.72 Å². The van der Waals surface area contributed by atoms with Crippen LogP contribution in [0.15, 0.2) is 18.2 Å². The molecule has 12 heavy (non-hydrogen) atoms. The summed E-state index contributed by atoms with van der Waals surface area (Å²) in [6.45, 7) is 1.82. The van der Waals surface area contributed by atoms with E-state index in [0.29, 0.717) is 5.56 Å². The van der Waals surface area contributed by atoms with Crippen molar-refractivity contribution in [3.05, 3.63) is 29.3 Å². The Morgan fingerprint density at radius 3 is 2.75 bits per heavy atom. The molecule has 4 heteroatoms. The lowest BCUT2D eigenvalue weighted by Crippen LogP contribution is -2.12. The van der Waals surface area contributed by atoms with Crippen molar-refractivity contribution in [3.8, 4) is 0 Å². The van der Waals surface area contributed by atoms with E-state index in [-0.39, 0.29) is 0 Å². The molecule has 0 radical (unpaired) electrons. The average molecular weight is 182 g/mol. The third-order valence-corrected chi connectivity index (χ3v) is 1.96. The van der Waals surface area contributed by atoms with Gasteiger partial charge in [0.1, 0.15) is 0 Å². The smallest absolute Gasteiger partial charge is 0.249 e. The minimum Gasteiger partial charge on any atom is -0.366 e. The standard InChI is InChI=1S/C8H10N2OS/c1-5-6(8(9)11)3-2-4-7(5)10-12/h2-4,10,12H,1H3,(H2,9,11). The van der Waals surface area contributed by atoms with Gasteiger partial charge in [-0.05, 0) is 24.6 Å². The molecule has 1 aromatic carbocycles. The number of anilines is 1. The van der Waals surface area contributed by atoms with E-state index in [1.165, 1.54) is 0 Å². The zero-order valence-corrected chi connectivity index (χ0v) is 7.56. The monoisotopic (exact) mass is 182 g/mol. The Morgan fingerprint density at radius 2 is 2.25 bits per heavy atom. The molecule has 0 heterocycles. The number of nitrogens with two attached hydrogens (primary N) is 1. The van der Waals surface area contributed by atoms with E-state index in [1.54, 1.807) is 12.1 Å². The van der Waals surface area contributed by atoms with Gasteiger partial charge in [0.2, 0.25) is 5.91 Å². The van der Waals surface area contributed by atoms with E-state index in [1.807, 2.05) is 13.0 Å². The fourth-order valence-corrected chi connectivity index (χ4v) is 1.27. The lowest BCUT2D eigenvalue weighted by Gasteiger charge is -2.06. The molecule has 0 spiro atoms. The molecule has 0 fully saturated rings. The topological polar surface area (TPSA) is 55.1 Å². The second-order valence-corrected chi connectivity index (χ2v) is 2.68. The van der Waals surface area contributed by atoms with Gasteiger partial charge in [0.25, 0.3) is 0 Å². The van der Waals surface area contributed by atoms with Crippen LogP contribution in [0, 0.1) is 6.92 Å². The van der Waals surface area contributed by atoms with Gasteiger partial charge in [-0.25, -0.2) is 0 Å². The molecule has 0 saturated heterocycles. The van der Waals surface area contributed by atoms with Crippen molar-refractivity contribution >= 4 is 24.4 Å². The number of primary amides is 1. The maximum absolute atomic E-state index is 10.9. The minimum atomic E-state index is -0.419. The number of carbonyl (C=O) groups is 1. The summed E-state index contributed by atoms with van der Waals surface area (Å²) < 4.78 is 2.68. The van der Waals surface area contributed by atoms with Crippen molar-refractivity contribution in [1.29, 1.82) is 0 Å². The normalized spacial score (nSPS) is 9.50. The number of thiol groups is 1. The molecule has 0 atom stereocenters. The van der Waals surface area contributed by atoms with Crippen LogP contribution in [0.1, 0.15) is 15.9 Å². The van der Waals surface area contributed by atoms with E-state index >= 15 is 0 Å². The Bertz CT molecular complexity index is 312. The molecule has 0 unspecified atom stereocenters. The highest BCUT2D eigenvalue weighted by atomic mass is 32.1. The van der Waals surface area contributed by atoms with E-state index in [4.69, 9.17) is 5.73 Å². The van der Waals surface area contributed by atoms with E-state index in [9.17, 15) is 4.79 Å². The van der Waals surface area contributed by atoms with E-state index in [0.717, 1.165) is 11.3 Å². The summed E-state index contributed by atoms with van der Waals surface area (Å²) in [6, 6.07) is 5.27. The van der Waals surface area contributed by atoms with Crippen molar-refractivity contribution in [3.63, 3.8) is 0 Å². The highest BCUT2D eigenvalue weighted by molar-refractivity contribution is 7.81. The van der Waals surface area contributed by atoms with Gasteiger partial charge in [0.05, 0.1) is 0 Å². The number of nitrogens with one attached hydrogen (secondary N) is 1. The maximum atomic E-state index is 10.9. The van der Waals surface area contributed by atoms with Crippen molar-refractivity contribution in [1.82, 2.24) is 0 Å². The van der Waals surface area contributed by atoms with Crippen LogP contribution in [0.25, 0.3) is 0 Å². The van der Waals surface area contributed by atoms with Gasteiger partial charge in [0, 0.05) is 11.3 Å². The molecule has 1 aromatic rings. The van der Waals surface area contributed by atoms with E-state index < -0.39 is 5.91 Å². The van der Waals surface area contributed by atoms with Crippen LogP contribution in [-0.2, 0) is 0 Å². The van der Waals surface area contributed by atoms with Gasteiger partial charge < -0.3 is 10.5 Å². The highest BCUT2D eigenvalue weighted by Gasteiger charge is 2.06. The number of carbonyl (C=O) groups excluding carboxylic acids is 1. The summed E-state index contributed by atoms with van der Waals surface area (Å²) in [5.41, 5.74) is 7.29. The molecular formula is C8H10N2OS. The van der Waals surface area contributed by atoms with Crippen molar-refractivity contribution in [2.45, 2.75) is 6.92 Å². The molecule has 1 amide bonds. The van der Waals surface area contributed by atoms with Gasteiger partial charge >= 0.3 is 0 Å². The Morgan fingerprint density at radius 1 is 1.58 bits per heavy atom. The lowest BCUT2D eigenvalue weighted by molar-refractivity contribution is 0.1000. The number of hydrogen-bond acceptors (Lipinski definition) is 3. The Hall–Kier alpha value is -1.16. The summed E-state index contributed by atoms with van der Waals surface area (Å²) in [6.07, 6.45) is 0. The number of amides is 1. The van der Waals surface area contributed by atoms with Crippen LogP contribution in [0.4, 0.5) is 5.69 Å². The number of benzene rings is 1. The van der Waals surface area contributed by atoms with Crippen LogP contribution in [0.3, 0.4) is 0 Å². The summed E-state index contributed by atoms with van der Waals surface area (Å²) >= 11 is 3.89. The molecule has 0 bridgehead atoms. The zero-order chi connectivity index (χ0) is 9.14. The molecule has 1 rings (SSSR count). The van der Waals surface area contributed by atoms with Crippen LogP contribution in [-0.4, -0.2) is 5.91 Å². The van der Waals surface area contributed by atoms with Crippen molar-refractivity contribution < 1.29 is 4.79 Å². The predicted octanol–water partition coefficient (Wildman–Crippen LogP) is 1.35. The van der Waals surface area contributed by atoms with Gasteiger partial charge in [-0.3, -0.25) is 4.79 Å². The molecule has 0 aliphatic rings. The minimum absolute atomic E-state index is 0.419. The lowest BCUT2D eigenvalue weighted by atomic mass is 10.1. The molecule has 0 aliphatic heterocycles. The van der Waals surface area contributed by atoms with Gasteiger partial charge in [0.15, 0.2) is 0 Å². The molecule has 3 N–H and O–H groups in total. The SMILES string of the molecule is Cc1c(NS)cccc1C(N)=O. The predicted molar refractivity (Wildman–Crippen MR) is 52.3 cm³/mol. The summed E-state index contributed by atoms with van der Waals surface area (Å²) in [5, 5.41) is 0. The van der Waals surface area contributed by atoms with Crippen LogP contribution in [0.2, 0.25) is 0 Å². The number of rotatable bonds is 2.